The molecule has 1 N–H and O–H groups in total. The molecule has 2 aromatic rings. The number of benzene rings is 1. The molecule has 0 fully saturated rings. The molecule has 3 nitrogen and oxygen atoms in total. The van der Waals surface area contributed by atoms with Gasteiger partial charge in [0.05, 0.1) is 0 Å². The summed E-state index contributed by atoms with van der Waals surface area (Å²) in [6.45, 7) is 6.39. The van der Waals surface area contributed by atoms with Crippen LogP contribution in [0.1, 0.15) is 36.7 Å². The van der Waals surface area contributed by atoms with Crippen LogP contribution in [0.3, 0.4) is 0 Å². The summed E-state index contributed by atoms with van der Waals surface area (Å²) in [4.78, 5) is 16.1. The van der Waals surface area contributed by atoms with E-state index >= 15 is 0 Å². The first kappa shape index (κ1) is 16.2. The Hall–Kier alpha value is -1.87. The van der Waals surface area contributed by atoms with E-state index in [1.165, 1.54) is 0 Å². The van der Waals surface area contributed by atoms with Crippen molar-refractivity contribution in [1.29, 1.82) is 0 Å². The molecule has 0 aliphatic rings. The van der Waals surface area contributed by atoms with Gasteiger partial charge in [0.15, 0.2) is 0 Å². The van der Waals surface area contributed by atoms with Gasteiger partial charge >= 0.3 is 0 Å². The van der Waals surface area contributed by atoms with Gasteiger partial charge in [0, 0.05) is 23.6 Å². The van der Waals surface area contributed by atoms with Crippen LogP contribution >= 0.6 is 12.4 Å². The molecule has 0 spiro atoms. The van der Waals surface area contributed by atoms with E-state index in [2.05, 4.69) is 31.1 Å². The van der Waals surface area contributed by atoms with Gasteiger partial charge in [-0.1, -0.05) is 39.0 Å². The summed E-state index contributed by atoms with van der Waals surface area (Å²) in [6, 6.07) is 11.3. The smallest absolute Gasteiger partial charge is 0.255 e. The number of amides is 1. The minimum Gasteiger partial charge on any atom is -0.322 e. The van der Waals surface area contributed by atoms with E-state index in [1.807, 2.05) is 24.3 Å². The number of aromatic nitrogens is 1. The maximum atomic E-state index is 12.2. The highest BCUT2D eigenvalue weighted by molar-refractivity contribution is 6.04. The standard InChI is InChI=1S/C16H18N2O.ClH/c1-16(2,3)13-6-4-5-7-14(13)18-15(19)12-8-10-17-11-9-12;/h4-11H,1-3H3,(H,18,19);1H. The number of nitrogens with one attached hydrogen (secondary N) is 1. The summed E-state index contributed by atoms with van der Waals surface area (Å²) in [5.41, 5.74) is 2.58. The third-order valence-electron chi connectivity index (χ3n) is 2.93. The van der Waals surface area contributed by atoms with Gasteiger partial charge in [-0.15, -0.1) is 12.4 Å². The second-order valence-corrected chi connectivity index (χ2v) is 5.49. The molecule has 1 heterocycles. The molecule has 1 aromatic heterocycles. The zero-order valence-electron chi connectivity index (χ0n) is 11.9. The van der Waals surface area contributed by atoms with Crippen molar-refractivity contribution in [2.24, 2.45) is 0 Å². The molecule has 1 amide bonds. The number of carbonyl (C=O) groups is 1. The highest BCUT2D eigenvalue weighted by atomic mass is 35.5. The minimum absolute atomic E-state index is 0. The van der Waals surface area contributed by atoms with Gasteiger partial charge in [0.2, 0.25) is 0 Å². The van der Waals surface area contributed by atoms with E-state index in [1.54, 1.807) is 24.5 Å². The second kappa shape index (κ2) is 6.53. The quantitative estimate of drug-likeness (QED) is 0.906. The Bertz CT molecular complexity index is 577. The lowest BCUT2D eigenvalue weighted by Crippen LogP contribution is -2.18. The number of carbonyl (C=O) groups excluding carboxylic acids is 1. The lowest BCUT2D eigenvalue weighted by molar-refractivity contribution is 0.102. The van der Waals surface area contributed by atoms with Crippen molar-refractivity contribution in [2.75, 3.05) is 5.32 Å². The van der Waals surface area contributed by atoms with Crippen molar-refractivity contribution < 1.29 is 4.79 Å². The van der Waals surface area contributed by atoms with Gasteiger partial charge in [-0.25, -0.2) is 0 Å². The van der Waals surface area contributed by atoms with Gasteiger partial charge in [0.25, 0.3) is 5.91 Å². The third kappa shape index (κ3) is 3.81. The molecule has 0 atom stereocenters. The van der Waals surface area contributed by atoms with Crippen molar-refractivity contribution >= 4 is 24.0 Å². The Morgan fingerprint density at radius 3 is 2.25 bits per heavy atom. The first-order chi connectivity index (χ1) is 8.98. The van der Waals surface area contributed by atoms with Crippen LogP contribution < -0.4 is 5.32 Å². The summed E-state index contributed by atoms with van der Waals surface area (Å²) in [7, 11) is 0. The first-order valence-electron chi connectivity index (χ1n) is 6.29. The monoisotopic (exact) mass is 290 g/mol. The number of pyridine rings is 1. The summed E-state index contributed by atoms with van der Waals surface area (Å²) in [5, 5.41) is 2.97. The second-order valence-electron chi connectivity index (χ2n) is 5.49. The average molecular weight is 291 g/mol. The largest absolute Gasteiger partial charge is 0.322 e. The molecular formula is C16H19ClN2O. The number of para-hydroxylation sites is 1. The van der Waals surface area contributed by atoms with E-state index in [0.29, 0.717) is 5.56 Å². The Morgan fingerprint density at radius 2 is 1.65 bits per heavy atom. The zero-order chi connectivity index (χ0) is 13.9. The van der Waals surface area contributed by atoms with E-state index < -0.39 is 0 Å². The highest BCUT2D eigenvalue weighted by Gasteiger charge is 2.18. The summed E-state index contributed by atoms with van der Waals surface area (Å²) >= 11 is 0. The van der Waals surface area contributed by atoms with Crippen molar-refractivity contribution in [3.8, 4) is 0 Å². The van der Waals surface area contributed by atoms with Gasteiger partial charge in [-0.05, 0) is 29.2 Å². The van der Waals surface area contributed by atoms with Crippen LogP contribution in [0.15, 0.2) is 48.8 Å². The van der Waals surface area contributed by atoms with Crippen LogP contribution in [0.4, 0.5) is 5.69 Å². The van der Waals surface area contributed by atoms with Crippen molar-refractivity contribution in [3.05, 3.63) is 59.9 Å². The zero-order valence-corrected chi connectivity index (χ0v) is 12.7. The predicted molar refractivity (Wildman–Crippen MR) is 84.6 cm³/mol. The molecule has 4 heteroatoms. The third-order valence-corrected chi connectivity index (χ3v) is 2.93. The molecule has 0 unspecified atom stereocenters. The molecular weight excluding hydrogens is 272 g/mol. The molecule has 2 rings (SSSR count). The summed E-state index contributed by atoms with van der Waals surface area (Å²) in [5.74, 6) is -0.112. The van der Waals surface area contributed by atoms with Crippen LogP contribution in [0, 0.1) is 0 Å². The van der Waals surface area contributed by atoms with Crippen LogP contribution in [-0.2, 0) is 5.41 Å². The lowest BCUT2D eigenvalue weighted by Gasteiger charge is -2.23. The molecule has 0 radical (unpaired) electrons. The molecule has 0 aliphatic carbocycles. The van der Waals surface area contributed by atoms with Gasteiger partial charge in [0.1, 0.15) is 0 Å². The maximum Gasteiger partial charge on any atom is 0.255 e. The molecule has 1 aromatic carbocycles. The van der Waals surface area contributed by atoms with Crippen molar-refractivity contribution in [1.82, 2.24) is 4.98 Å². The molecule has 0 bridgehead atoms. The SMILES string of the molecule is CC(C)(C)c1ccccc1NC(=O)c1ccncc1.Cl. The van der Waals surface area contributed by atoms with Crippen LogP contribution in [-0.4, -0.2) is 10.9 Å². The lowest BCUT2D eigenvalue weighted by atomic mass is 9.86. The molecule has 0 aliphatic heterocycles. The maximum absolute atomic E-state index is 12.2. The number of rotatable bonds is 2. The molecule has 0 saturated carbocycles. The van der Waals surface area contributed by atoms with E-state index in [0.717, 1.165) is 11.3 Å². The Morgan fingerprint density at radius 1 is 1.05 bits per heavy atom. The fraction of sp³-hybridized carbons (Fsp3) is 0.250. The van der Waals surface area contributed by atoms with Crippen molar-refractivity contribution in [2.45, 2.75) is 26.2 Å². The summed E-state index contributed by atoms with van der Waals surface area (Å²) in [6.07, 6.45) is 3.23. The van der Waals surface area contributed by atoms with Gasteiger partial charge in [-0.2, -0.15) is 0 Å². The average Bonchev–Trinajstić information content (AvgIpc) is 2.39. The Balaban J connectivity index is 0.00000200. The van der Waals surface area contributed by atoms with Gasteiger partial charge < -0.3 is 5.32 Å². The number of hydrogen-bond donors (Lipinski definition) is 1. The molecule has 106 valence electrons. The number of hydrogen-bond acceptors (Lipinski definition) is 2. The van der Waals surface area contributed by atoms with Gasteiger partial charge in [-0.3, -0.25) is 9.78 Å². The van der Waals surface area contributed by atoms with Crippen LogP contribution in [0.25, 0.3) is 0 Å². The normalized spacial score (nSPS) is 10.6. The minimum atomic E-state index is -0.112. The first-order valence-corrected chi connectivity index (χ1v) is 6.29. The van der Waals surface area contributed by atoms with Crippen LogP contribution in [0.2, 0.25) is 0 Å². The van der Waals surface area contributed by atoms with Crippen LogP contribution in [0.5, 0.6) is 0 Å². The number of nitrogens with zero attached hydrogens (tertiary/aromatic N) is 1. The van der Waals surface area contributed by atoms with E-state index in [-0.39, 0.29) is 23.7 Å². The Kier molecular flexibility index (Phi) is 5.28. The van der Waals surface area contributed by atoms with E-state index in [9.17, 15) is 4.79 Å². The topological polar surface area (TPSA) is 42.0 Å². The predicted octanol–water partition coefficient (Wildman–Crippen LogP) is 4.05. The highest BCUT2D eigenvalue weighted by Crippen LogP contribution is 2.29. The van der Waals surface area contributed by atoms with E-state index in [4.69, 9.17) is 0 Å². The Labute approximate surface area is 125 Å². The number of anilines is 1. The fourth-order valence-corrected chi connectivity index (χ4v) is 1.94. The molecule has 20 heavy (non-hydrogen) atoms. The number of halogens is 1. The fourth-order valence-electron chi connectivity index (χ4n) is 1.94. The van der Waals surface area contributed by atoms with Crippen molar-refractivity contribution in [3.63, 3.8) is 0 Å². The molecule has 0 saturated heterocycles. The summed E-state index contributed by atoms with van der Waals surface area (Å²) < 4.78 is 0.